The number of carbonyl (C=O) groups excluding carboxylic acids is 1. The Labute approximate surface area is 117 Å². The number of hydrogen-bond acceptors (Lipinski definition) is 5. The monoisotopic (exact) mass is 294 g/mol. The minimum Gasteiger partial charge on any atom is -0.482 e. The molecule has 7 heteroatoms. The van der Waals surface area contributed by atoms with Crippen molar-refractivity contribution >= 4 is 15.7 Å². The van der Waals surface area contributed by atoms with Gasteiger partial charge in [-0.05, 0) is 18.6 Å². The summed E-state index contributed by atoms with van der Waals surface area (Å²) in [4.78, 5) is 11.7. The van der Waals surface area contributed by atoms with Crippen LogP contribution in [0, 0.1) is 11.3 Å². The average molecular weight is 294 g/mol. The third kappa shape index (κ3) is 3.71. The first-order valence-electron chi connectivity index (χ1n) is 6.12. The molecule has 1 N–H and O–H groups in total. The van der Waals surface area contributed by atoms with Crippen molar-refractivity contribution in [1.29, 1.82) is 5.26 Å². The number of nitrogens with zero attached hydrogens (tertiary/aromatic N) is 1. The maximum absolute atomic E-state index is 11.7. The number of hydrogen-bond donors (Lipinski definition) is 1. The summed E-state index contributed by atoms with van der Waals surface area (Å²) in [5.41, 5.74) is 0.351. The predicted molar refractivity (Wildman–Crippen MR) is 71.9 cm³/mol. The van der Waals surface area contributed by atoms with Crippen molar-refractivity contribution in [2.24, 2.45) is 0 Å². The predicted octanol–water partition coefficient (Wildman–Crippen LogP) is 0.240. The molecule has 0 saturated carbocycles. The molecule has 0 spiro atoms. The molecule has 6 nitrogen and oxygen atoms in total. The highest BCUT2D eigenvalue weighted by Crippen LogP contribution is 2.16. The number of benzene rings is 1. The second-order valence-corrected chi connectivity index (χ2v) is 6.79. The van der Waals surface area contributed by atoms with Crippen LogP contribution in [0.1, 0.15) is 12.0 Å². The van der Waals surface area contributed by atoms with Gasteiger partial charge in [0.15, 0.2) is 16.4 Å². The van der Waals surface area contributed by atoms with Gasteiger partial charge in [0.05, 0.1) is 17.1 Å². The molecule has 20 heavy (non-hydrogen) atoms. The average Bonchev–Trinajstić information content (AvgIpc) is 2.76. The van der Waals surface area contributed by atoms with E-state index in [-0.39, 0.29) is 30.1 Å². The van der Waals surface area contributed by atoms with E-state index in [1.54, 1.807) is 24.3 Å². The number of para-hydroxylation sites is 1. The fourth-order valence-electron chi connectivity index (χ4n) is 2.01. The second kappa shape index (κ2) is 5.92. The van der Waals surface area contributed by atoms with Gasteiger partial charge in [-0.15, -0.1) is 0 Å². The molecular weight excluding hydrogens is 280 g/mol. The van der Waals surface area contributed by atoms with Gasteiger partial charge in [0.1, 0.15) is 11.8 Å². The Hall–Kier alpha value is -2.07. The SMILES string of the molecule is N#Cc1ccccc1OCC(=O)NC1CCS(=O)(=O)C1. The smallest absolute Gasteiger partial charge is 0.258 e. The van der Waals surface area contributed by atoms with E-state index >= 15 is 0 Å². The van der Waals surface area contributed by atoms with E-state index in [0.717, 1.165) is 0 Å². The van der Waals surface area contributed by atoms with Crippen LogP contribution in [0.25, 0.3) is 0 Å². The lowest BCUT2D eigenvalue weighted by Gasteiger charge is -2.12. The fourth-order valence-corrected chi connectivity index (χ4v) is 3.68. The number of sulfone groups is 1. The van der Waals surface area contributed by atoms with Crippen LogP contribution < -0.4 is 10.1 Å². The lowest BCUT2D eigenvalue weighted by Crippen LogP contribution is -2.38. The number of nitriles is 1. The molecule has 106 valence electrons. The summed E-state index contributed by atoms with van der Waals surface area (Å²) in [7, 11) is -3.02. The maximum Gasteiger partial charge on any atom is 0.258 e. The van der Waals surface area contributed by atoms with Crippen molar-refractivity contribution in [2.75, 3.05) is 18.1 Å². The molecule has 1 amide bonds. The number of ether oxygens (including phenoxy) is 1. The fraction of sp³-hybridized carbons (Fsp3) is 0.385. The Balaban J connectivity index is 1.86. The molecule has 1 aromatic carbocycles. The topological polar surface area (TPSA) is 96.3 Å². The molecule has 0 radical (unpaired) electrons. The summed E-state index contributed by atoms with van der Waals surface area (Å²) >= 11 is 0. The zero-order valence-electron chi connectivity index (χ0n) is 10.7. The van der Waals surface area contributed by atoms with Crippen molar-refractivity contribution in [3.05, 3.63) is 29.8 Å². The summed E-state index contributed by atoms with van der Waals surface area (Å²) in [6, 6.07) is 8.23. The number of rotatable bonds is 4. The molecule has 1 aliphatic heterocycles. The van der Waals surface area contributed by atoms with Gasteiger partial charge in [0, 0.05) is 6.04 Å². The van der Waals surface area contributed by atoms with Crippen LogP contribution in [0.4, 0.5) is 0 Å². The van der Waals surface area contributed by atoms with Crippen LogP contribution in [0.5, 0.6) is 5.75 Å². The van der Waals surface area contributed by atoms with Crippen LogP contribution in [0.3, 0.4) is 0 Å². The number of amides is 1. The summed E-state index contributed by atoms with van der Waals surface area (Å²) < 4.78 is 27.8. The molecule has 1 atom stereocenters. The van der Waals surface area contributed by atoms with Gasteiger partial charge in [-0.1, -0.05) is 12.1 Å². The third-order valence-electron chi connectivity index (χ3n) is 2.96. The molecule has 0 aromatic heterocycles. The molecule has 1 aliphatic rings. The van der Waals surface area contributed by atoms with E-state index in [4.69, 9.17) is 10.00 Å². The summed E-state index contributed by atoms with van der Waals surface area (Å²) in [6.45, 7) is -0.241. The minimum absolute atomic E-state index is 0.0203. The van der Waals surface area contributed by atoms with Crippen molar-refractivity contribution in [3.63, 3.8) is 0 Å². The summed E-state index contributed by atoms with van der Waals surface area (Å²) in [5.74, 6) is 0.0351. The molecule has 2 rings (SSSR count). The van der Waals surface area contributed by atoms with Gasteiger partial charge in [-0.25, -0.2) is 8.42 Å². The van der Waals surface area contributed by atoms with Gasteiger partial charge in [0.2, 0.25) is 0 Å². The molecule has 0 bridgehead atoms. The minimum atomic E-state index is -3.02. The molecule has 1 aromatic rings. The van der Waals surface area contributed by atoms with E-state index in [0.29, 0.717) is 17.7 Å². The van der Waals surface area contributed by atoms with E-state index in [9.17, 15) is 13.2 Å². The Morgan fingerprint density at radius 3 is 2.85 bits per heavy atom. The van der Waals surface area contributed by atoms with E-state index in [2.05, 4.69) is 5.32 Å². The zero-order valence-corrected chi connectivity index (χ0v) is 11.5. The van der Waals surface area contributed by atoms with Crippen molar-refractivity contribution in [3.8, 4) is 11.8 Å². The van der Waals surface area contributed by atoms with Crippen molar-refractivity contribution in [2.45, 2.75) is 12.5 Å². The first-order chi connectivity index (χ1) is 9.50. The molecule has 1 saturated heterocycles. The lowest BCUT2D eigenvalue weighted by molar-refractivity contribution is -0.123. The highest BCUT2D eigenvalue weighted by Gasteiger charge is 2.28. The summed E-state index contributed by atoms with van der Waals surface area (Å²) in [5, 5.41) is 11.5. The Morgan fingerprint density at radius 2 is 2.20 bits per heavy atom. The Bertz CT molecular complexity index is 649. The third-order valence-corrected chi connectivity index (χ3v) is 4.73. The molecule has 1 heterocycles. The van der Waals surface area contributed by atoms with Gasteiger partial charge < -0.3 is 10.1 Å². The highest BCUT2D eigenvalue weighted by atomic mass is 32.2. The quantitative estimate of drug-likeness (QED) is 0.858. The van der Waals surface area contributed by atoms with Crippen LogP contribution in [-0.2, 0) is 14.6 Å². The largest absolute Gasteiger partial charge is 0.482 e. The number of carbonyl (C=O) groups is 1. The van der Waals surface area contributed by atoms with E-state index in [1.165, 1.54) is 0 Å². The van der Waals surface area contributed by atoms with Crippen LogP contribution in [0.15, 0.2) is 24.3 Å². The molecular formula is C13H14N2O4S. The van der Waals surface area contributed by atoms with Gasteiger partial charge in [-0.2, -0.15) is 5.26 Å². The standard InChI is InChI=1S/C13H14N2O4S/c14-7-10-3-1-2-4-12(10)19-8-13(16)15-11-5-6-20(17,18)9-11/h1-4,11H,5-6,8-9H2,(H,15,16). The summed E-state index contributed by atoms with van der Waals surface area (Å²) in [6.07, 6.45) is 0.433. The van der Waals surface area contributed by atoms with E-state index < -0.39 is 9.84 Å². The van der Waals surface area contributed by atoms with Crippen LogP contribution >= 0.6 is 0 Å². The van der Waals surface area contributed by atoms with E-state index in [1.807, 2.05) is 6.07 Å². The van der Waals surface area contributed by atoms with Crippen LogP contribution in [0.2, 0.25) is 0 Å². The molecule has 1 unspecified atom stereocenters. The lowest BCUT2D eigenvalue weighted by atomic mass is 10.2. The normalized spacial score (nSPS) is 20.1. The Morgan fingerprint density at radius 1 is 1.45 bits per heavy atom. The van der Waals surface area contributed by atoms with Crippen LogP contribution in [-0.4, -0.2) is 38.5 Å². The maximum atomic E-state index is 11.7. The van der Waals surface area contributed by atoms with Gasteiger partial charge >= 0.3 is 0 Å². The van der Waals surface area contributed by atoms with Crippen molar-refractivity contribution in [1.82, 2.24) is 5.32 Å². The highest BCUT2D eigenvalue weighted by molar-refractivity contribution is 7.91. The van der Waals surface area contributed by atoms with Gasteiger partial charge in [0.25, 0.3) is 5.91 Å². The molecule has 1 fully saturated rings. The zero-order chi connectivity index (χ0) is 14.6. The first-order valence-corrected chi connectivity index (χ1v) is 7.94. The Kier molecular flexibility index (Phi) is 4.25. The first kappa shape index (κ1) is 14.3. The number of nitrogens with one attached hydrogen (secondary N) is 1. The van der Waals surface area contributed by atoms with Gasteiger partial charge in [-0.3, -0.25) is 4.79 Å². The van der Waals surface area contributed by atoms with Crippen molar-refractivity contribution < 1.29 is 17.9 Å². The second-order valence-electron chi connectivity index (χ2n) is 4.56. The molecule has 0 aliphatic carbocycles.